The van der Waals surface area contributed by atoms with E-state index in [1.807, 2.05) is 0 Å². The first-order valence-corrected chi connectivity index (χ1v) is 6.79. The van der Waals surface area contributed by atoms with E-state index in [0.29, 0.717) is 12.3 Å². The molecule has 0 aliphatic heterocycles. The van der Waals surface area contributed by atoms with E-state index in [1.54, 1.807) is 25.0 Å². The molecule has 19 heavy (non-hydrogen) atoms. The Morgan fingerprint density at radius 3 is 3.00 bits per heavy atom. The third-order valence-corrected chi connectivity index (χ3v) is 3.90. The number of nitrogens with zero attached hydrogens (tertiary/aromatic N) is 3. The van der Waals surface area contributed by atoms with Gasteiger partial charge in [-0.2, -0.15) is 5.10 Å². The Morgan fingerprint density at radius 2 is 2.32 bits per heavy atom. The van der Waals surface area contributed by atoms with Gasteiger partial charge in [0.05, 0.1) is 17.1 Å². The van der Waals surface area contributed by atoms with Crippen molar-refractivity contribution in [1.82, 2.24) is 14.8 Å². The van der Waals surface area contributed by atoms with Gasteiger partial charge in [0.2, 0.25) is 0 Å². The zero-order chi connectivity index (χ0) is 13.8. The minimum absolute atomic E-state index is 0.225. The maximum absolute atomic E-state index is 11.3. The molecule has 0 aromatic carbocycles. The molecule has 7 heteroatoms. The van der Waals surface area contributed by atoms with E-state index in [4.69, 9.17) is 4.74 Å². The van der Waals surface area contributed by atoms with Gasteiger partial charge in [0.25, 0.3) is 0 Å². The molecule has 0 unspecified atom stereocenters. The number of pyridine rings is 1. The molecule has 1 N–H and O–H groups in total. The van der Waals surface area contributed by atoms with Crippen LogP contribution in [0, 0.1) is 0 Å². The number of thioether (sulfide) groups is 1. The van der Waals surface area contributed by atoms with Gasteiger partial charge >= 0.3 is 5.97 Å². The number of hydrogen-bond donors (Lipinski definition) is 1. The topological polar surface area (TPSA) is 77.2 Å². The number of rotatable bonds is 6. The molecule has 0 saturated carbocycles. The van der Waals surface area contributed by atoms with Gasteiger partial charge in [-0.25, -0.2) is 9.78 Å². The molecule has 0 spiro atoms. The molecular formula is C12H15N3O3S. The van der Waals surface area contributed by atoms with Crippen molar-refractivity contribution in [3.8, 4) is 0 Å². The highest BCUT2D eigenvalue weighted by Gasteiger charge is 2.16. The summed E-state index contributed by atoms with van der Waals surface area (Å²) in [5.41, 5.74) is 0.919. The number of ether oxygens (including phenoxy) is 1. The fraction of sp³-hybridized carbons (Fsp3) is 0.417. The molecule has 0 saturated heterocycles. The SMILES string of the molecule is COCCCSc1c(C(=O)O)cnc2c1cnn2C. The first-order chi connectivity index (χ1) is 9.15. The number of aromatic nitrogens is 3. The van der Waals surface area contributed by atoms with E-state index in [1.165, 1.54) is 18.0 Å². The van der Waals surface area contributed by atoms with Crippen molar-refractivity contribution < 1.29 is 14.6 Å². The lowest BCUT2D eigenvalue weighted by molar-refractivity contribution is 0.0693. The molecular weight excluding hydrogens is 266 g/mol. The lowest BCUT2D eigenvalue weighted by Crippen LogP contribution is -2.02. The summed E-state index contributed by atoms with van der Waals surface area (Å²) in [6, 6.07) is 0. The van der Waals surface area contributed by atoms with Crippen LogP contribution in [-0.4, -0.2) is 45.3 Å². The standard InChI is InChI=1S/C12H15N3O3S/c1-15-11-8(7-14-15)10(19-5-3-4-18-2)9(6-13-11)12(16)17/h6-7H,3-5H2,1-2H3,(H,16,17). The van der Waals surface area contributed by atoms with Gasteiger partial charge in [0.1, 0.15) is 0 Å². The van der Waals surface area contributed by atoms with Gasteiger partial charge in [0, 0.05) is 37.6 Å². The number of aromatic carboxylic acids is 1. The second-order valence-electron chi connectivity index (χ2n) is 4.01. The maximum atomic E-state index is 11.3. The van der Waals surface area contributed by atoms with E-state index in [2.05, 4.69) is 10.1 Å². The van der Waals surface area contributed by atoms with Crippen molar-refractivity contribution in [3.63, 3.8) is 0 Å². The van der Waals surface area contributed by atoms with Crippen molar-refractivity contribution in [1.29, 1.82) is 0 Å². The number of methoxy groups -OCH3 is 1. The van der Waals surface area contributed by atoms with E-state index in [9.17, 15) is 9.90 Å². The minimum atomic E-state index is -0.965. The van der Waals surface area contributed by atoms with Gasteiger partial charge in [0.15, 0.2) is 5.65 Å². The molecule has 0 aliphatic carbocycles. The monoisotopic (exact) mass is 281 g/mol. The molecule has 0 fully saturated rings. The molecule has 0 bridgehead atoms. The number of carboxylic acids is 1. The third-order valence-electron chi connectivity index (χ3n) is 2.68. The van der Waals surface area contributed by atoms with Crippen LogP contribution >= 0.6 is 11.8 Å². The van der Waals surface area contributed by atoms with Crippen LogP contribution in [-0.2, 0) is 11.8 Å². The van der Waals surface area contributed by atoms with Gasteiger partial charge < -0.3 is 9.84 Å². The van der Waals surface area contributed by atoms with Crippen molar-refractivity contribution in [2.45, 2.75) is 11.3 Å². The predicted molar refractivity (Wildman–Crippen MR) is 72.7 cm³/mol. The van der Waals surface area contributed by atoms with Crippen LogP contribution in [0.2, 0.25) is 0 Å². The summed E-state index contributed by atoms with van der Waals surface area (Å²) < 4.78 is 6.63. The lowest BCUT2D eigenvalue weighted by Gasteiger charge is -2.07. The number of fused-ring (bicyclic) bond motifs is 1. The van der Waals surface area contributed by atoms with E-state index >= 15 is 0 Å². The molecule has 2 aromatic heterocycles. The largest absolute Gasteiger partial charge is 0.478 e. The van der Waals surface area contributed by atoms with Gasteiger partial charge in [-0.1, -0.05) is 0 Å². The smallest absolute Gasteiger partial charge is 0.338 e. The molecule has 2 heterocycles. The number of hydrogen-bond acceptors (Lipinski definition) is 5. The Morgan fingerprint density at radius 1 is 1.53 bits per heavy atom. The summed E-state index contributed by atoms with van der Waals surface area (Å²) in [5.74, 6) is -0.172. The summed E-state index contributed by atoms with van der Waals surface area (Å²) in [6.07, 6.45) is 3.92. The highest BCUT2D eigenvalue weighted by molar-refractivity contribution is 7.99. The highest BCUT2D eigenvalue weighted by Crippen LogP contribution is 2.30. The fourth-order valence-electron chi connectivity index (χ4n) is 1.76. The number of carbonyl (C=O) groups is 1. The highest BCUT2D eigenvalue weighted by atomic mass is 32.2. The average Bonchev–Trinajstić information content (AvgIpc) is 2.76. The zero-order valence-electron chi connectivity index (χ0n) is 10.8. The third kappa shape index (κ3) is 2.87. The Balaban J connectivity index is 2.35. The molecule has 0 atom stereocenters. The molecule has 6 nitrogen and oxygen atoms in total. The first kappa shape index (κ1) is 13.8. The molecule has 0 aliphatic rings. The van der Waals surface area contributed by atoms with Crippen molar-refractivity contribution in [2.75, 3.05) is 19.5 Å². The Hall–Kier alpha value is -1.60. The zero-order valence-corrected chi connectivity index (χ0v) is 11.6. The summed E-state index contributed by atoms with van der Waals surface area (Å²) in [7, 11) is 3.44. The minimum Gasteiger partial charge on any atom is -0.478 e. The summed E-state index contributed by atoms with van der Waals surface area (Å²) in [6.45, 7) is 0.663. The summed E-state index contributed by atoms with van der Waals surface area (Å²) >= 11 is 1.50. The molecule has 2 rings (SSSR count). The first-order valence-electron chi connectivity index (χ1n) is 5.81. The second kappa shape index (κ2) is 6.03. The van der Waals surface area contributed by atoms with Crippen molar-refractivity contribution >= 4 is 28.8 Å². The predicted octanol–water partition coefficient (Wildman–Crippen LogP) is 1.80. The Kier molecular flexibility index (Phi) is 4.39. The van der Waals surface area contributed by atoms with Crippen molar-refractivity contribution in [2.24, 2.45) is 7.05 Å². The van der Waals surface area contributed by atoms with Gasteiger partial charge in [-0.3, -0.25) is 4.68 Å². The number of aryl methyl sites for hydroxylation is 1. The quantitative estimate of drug-likeness (QED) is 0.642. The van der Waals surface area contributed by atoms with Crippen molar-refractivity contribution in [3.05, 3.63) is 18.0 Å². The van der Waals surface area contributed by atoms with Gasteiger partial charge in [-0.05, 0) is 6.42 Å². The number of carboxylic acid groups (broad SMARTS) is 1. The molecule has 0 amide bonds. The van der Waals surface area contributed by atoms with E-state index in [-0.39, 0.29) is 5.56 Å². The average molecular weight is 281 g/mol. The fourth-order valence-corrected chi connectivity index (χ4v) is 2.82. The molecule has 0 radical (unpaired) electrons. The molecule has 102 valence electrons. The van der Waals surface area contributed by atoms with Crippen LogP contribution in [0.1, 0.15) is 16.8 Å². The van der Waals surface area contributed by atoms with Crippen LogP contribution in [0.3, 0.4) is 0 Å². The molecule has 2 aromatic rings. The second-order valence-corrected chi connectivity index (χ2v) is 5.11. The van der Waals surface area contributed by atoms with E-state index < -0.39 is 5.97 Å². The maximum Gasteiger partial charge on any atom is 0.338 e. The summed E-state index contributed by atoms with van der Waals surface area (Å²) in [4.78, 5) is 16.1. The van der Waals surface area contributed by atoms with Crippen LogP contribution < -0.4 is 0 Å². The van der Waals surface area contributed by atoms with Crippen LogP contribution in [0.15, 0.2) is 17.3 Å². The Bertz CT molecular complexity index is 597. The van der Waals surface area contributed by atoms with Crippen LogP contribution in [0.25, 0.3) is 11.0 Å². The van der Waals surface area contributed by atoms with Gasteiger partial charge in [-0.15, -0.1) is 11.8 Å². The van der Waals surface area contributed by atoms with Crippen LogP contribution in [0.5, 0.6) is 0 Å². The van der Waals surface area contributed by atoms with E-state index in [0.717, 1.165) is 22.5 Å². The summed E-state index contributed by atoms with van der Waals surface area (Å²) in [5, 5.41) is 14.1. The van der Waals surface area contributed by atoms with Crippen LogP contribution in [0.4, 0.5) is 0 Å². The lowest BCUT2D eigenvalue weighted by atomic mass is 10.2. The normalized spacial score (nSPS) is 11.1. The Labute approximate surface area is 114 Å².